The molecule has 0 unspecified atom stereocenters. The molecule has 0 aliphatic carbocycles. The highest BCUT2D eigenvalue weighted by Crippen LogP contribution is 2.11. The number of hydrogen-bond acceptors (Lipinski definition) is 3. The van der Waals surface area contributed by atoms with E-state index < -0.39 is 0 Å². The Morgan fingerprint density at radius 2 is 2.46 bits per heavy atom. The molecule has 0 aliphatic rings. The normalized spacial score (nSPS) is 11.0. The van der Waals surface area contributed by atoms with Crippen molar-refractivity contribution in [3.8, 4) is 0 Å². The van der Waals surface area contributed by atoms with Crippen LogP contribution in [0.1, 0.15) is 20.3 Å². The summed E-state index contributed by atoms with van der Waals surface area (Å²) in [6.45, 7) is 5.42. The Labute approximate surface area is 83.7 Å². The molecular weight excluding hydrogens is 182 g/mol. The minimum absolute atomic E-state index is 0.591. The van der Waals surface area contributed by atoms with Gasteiger partial charge < -0.3 is 10.3 Å². The Morgan fingerprint density at radius 3 is 3.08 bits per heavy atom. The van der Waals surface area contributed by atoms with E-state index in [9.17, 15) is 0 Å². The van der Waals surface area contributed by atoms with Gasteiger partial charge in [-0.05, 0) is 13.0 Å². The van der Waals surface area contributed by atoms with Crippen molar-refractivity contribution < 1.29 is 0 Å². The lowest BCUT2D eigenvalue weighted by Crippen LogP contribution is -2.23. The molecule has 13 heavy (non-hydrogen) atoms. The molecule has 0 saturated carbocycles. The third kappa shape index (κ3) is 4.95. The lowest BCUT2D eigenvalue weighted by Gasteiger charge is -2.06. The largest absolute Gasteiger partial charge is 0.340 e. The number of rotatable bonds is 6. The van der Waals surface area contributed by atoms with Crippen LogP contribution in [0.5, 0.6) is 0 Å². The molecule has 0 spiro atoms. The van der Waals surface area contributed by atoms with E-state index in [-0.39, 0.29) is 0 Å². The molecule has 0 fully saturated rings. The molecule has 1 aromatic rings. The minimum Gasteiger partial charge on any atom is -0.340 e. The highest BCUT2D eigenvalue weighted by molar-refractivity contribution is 7.99. The van der Waals surface area contributed by atoms with Crippen molar-refractivity contribution in [3.63, 3.8) is 0 Å². The molecular formula is C9H17N3S. The molecule has 0 bridgehead atoms. The smallest absolute Gasteiger partial charge is 0.165 e. The SMILES string of the molecule is CC(C)NCCCSc1ncc[nH]1. The zero-order valence-corrected chi connectivity index (χ0v) is 9.03. The summed E-state index contributed by atoms with van der Waals surface area (Å²) in [5.74, 6) is 1.12. The third-order valence-corrected chi connectivity index (χ3v) is 2.58. The Morgan fingerprint density at radius 1 is 1.62 bits per heavy atom. The number of aromatic amines is 1. The maximum absolute atomic E-state index is 4.14. The lowest BCUT2D eigenvalue weighted by molar-refractivity contribution is 0.585. The van der Waals surface area contributed by atoms with E-state index in [0.29, 0.717) is 6.04 Å². The summed E-state index contributed by atoms with van der Waals surface area (Å²) >= 11 is 1.77. The number of nitrogens with zero attached hydrogens (tertiary/aromatic N) is 1. The van der Waals surface area contributed by atoms with E-state index in [1.165, 1.54) is 6.42 Å². The van der Waals surface area contributed by atoms with Crippen LogP contribution in [-0.4, -0.2) is 28.3 Å². The molecule has 0 aliphatic heterocycles. The maximum Gasteiger partial charge on any atom is 0.165 e. The van der Waals surface area contributed by atoms with Gasteiger partial charge in [0.1, 0.15) is 0 Å². The van der Waals surface area contributed by atoms with Gasteiger partial charge in [-0.15, -0.1) is 0 Å². The maximum atomic E-state index is 4.14. The average Bonchev–Trinajstić information content (AvgIpc) is 2.55. The first-order chi connectivity index (χ1) is 6.29. The van der Waals surface area contributed by atoms with E-state index >= 15 is 0 Å². The van der Waals surface area contributed by atoms with Crippen molar-refractivity contribution in [1.82, 2.24) is 15.3 Å². The summed E-state index contributed by atoms with van der Waals surface area (Å²) in [4.78, 5) is 7.20. The van der Waals surface area contributed by atoms with Gasteiger partial charge in [0, 0.05) is 24.2 Å². The molecule has 0 aromatic carbocycles. The van der Waals surface area contributed by atoms with E-state index in [4.69, 9.17) is 0 Å². The Hall–Kier alpha value is -0.480. The highest BCUT2D eigenvalue weighted by atomic mass is 32.2. The van der Waals surface area contributed by atoms with Gasteiger partial charge in [0.25, 0.3) is 0 Å². The van der Waals surface area contributed by atoms with Gasteiger partial charge in [0.15, 0.2) is 5.16 Å². The Kier molecular flexibility index (Phi) is 4.93. The van der Waals surface area contributed by atoms with Gasteiger partial charge in [-0.25, -0.2) is 4.98 Å². The number of aromatic nitrogens is 2. The number of thioether (sulfide) groups is 1. The number of nitrogens with one attached hydrogen (secondary N) is 2. The highest BCUT2D eigenvalue weighted by Gasteiger charge is 1.95. The standard InChI is InChI=1S/C9H17N3S/c1-8(2)10-4-3-7-13-9-11-5-6-12-9/h5-6,8,10H,3-4,7H2,1-2H3,(H,11,12). The molecule has 0 atom stereocenters. The van der Waals surface area contributed by atoms with Gasteiger partial charge in [-0.1, -0.05) is 25.6 Å². The second-order valence-corrected chi connectivity index (χ2v) is 4.29. The van der Waals surface area contributed by atoms with Crippen LogP contribution in [0.15, 0.2) is 17.6 Å². The van der Waals surface area contributed by atoms with Crippen LogP contribution in [-0.2, 0) is 0 Å². The summed E-state index contributed by atoms with van der Waals surface area (Å²) in [6.07, 6.45) is 4.83. The second kappa shape index (κ2) is 6.05. The van der Waals surface area contributed by atoms with E-state index in [2.05, 4.69) is 29.1 Å². The molecule has 0 saturated heterocycles. The van der Waals surface area contributed by atoms with Gasteiger partial charge >= 0.3 is 0 Å². The summed E-state index contributed by atoms with van der Waals surface area (Å²) in [7, 11) is 0. The summed E-state index contributed by atoms with van der Waals surface area (Å²) in [5.41, 5.74) is 0. The van der Waals surface area contributed by atoms with Crippen molar-refractivity contribution in [3.05, 3.63) is 12.4 Å². The first-order valence-electron chi connectivity index (χ1n) is 4.64. The van der Waals surface area contributed by atoms with Crippen LogP contribution in [0.4, 0.5) is 0 Å². The quantitative estimate of drug-likeness (QED) is 0.543. The molecule has 0 amide bonds. The fourth-order valence-electron chi connectivity index (χ4n) is 0.961. The molecule has 4 heteroatoms. The predicted molar refractivity (Wildman–Crippen MR) is 57.1 cm³/mol. The number of H-pyrrole nitrogens is 1. The Balaban J connectivity index is 1.96. The van der Waals surface area contributed by atoms with E-state index in [1.54, 1.807) is 18.0 Å². The van der Waals surface area contributed by atoms with Crippen LogP contribution in [0.3, 0.4) is 0 Å². The summed E-state index contributed by atoms with van der Waals surface area (Å²) < 4.78 is 0. The molecule has 74 valence electrons. The van der Waals surface area contributed by atoms with Gasteiger partial charge in [-0.2, -0.15) is 0 Å². The third-order valence-electron chi connectivity index (χ3n) is 1.59. The summed E-state index contributed by atoms with van der Waals surface area (Å²) in [5, 5.41) is 4.40. The topological polar surface area (TPSA) is 40.7 Å². The molecule has 1 rings (SSSR count). The van der Waals surface area contributed by atoms with Crippen LogP contribution in [0.25, 0.3) is 0 Å². The van der Waals surface area contributed by atoms with Crippen LogP contribution < -0.4 is 5.32 Å². The first-order valence-corrected chi connectivity index (χ1v) is 5.63. The van der Waals surface area contributed by atoms with Crippen molar-refractivity contribution in [2.24, 2.45) is 0 Å². The van der Waals surface area contributed by atoms with Crippen molar-refractivity contribution in [2.75, 3.05) is 12.3 Å². The van der Waals surface area contributed by atoms with Crippen molar-refractivity contribution in [1.29, 1.82) is 0 Å². The molecule has 1 heterocycles. The van der Waals surface area contributed by atoms with Gasteiger partial charge in [0.2, 0.25) is 0 Å². The van der Waals surface area contributed by atoms with Crippen LogP contribution in [0, 0.1) is 0 Å². The fourth-order valence-corrected chi connectivity index (χ4v) is 1.73. The lowest BCUT2D eigenvalue weighted by atomic mass is 10.4. The summed E-state index contributed by atoms with van der Waals surface area (Å²) in [6, 6.07) is 0.591. The molecule has 2 N–H and O–H groups in total. The van der Waals surface area contributed by atoms with Gasteiger partial charge in [-0.3, -0.25) is 0 Å². The van der Waals surface area contributed by atoms with Gasteiger partial charge in [0.05, 0.1) is 0 Å². The number of hydrogen-bond donors (Lipinski definition) is 2. The van der Waals surface area contributed by atoms with Crippen LogP contribution >= 0.6 is 11.8 Å². The Bertz CT molecular complexity index is 209. The van der Waals surface area contributed by atoms with Crippen LogP contribution in [0.2, 0.25) is 0 Å². The van der Waals surface area contributed by atoms with Crippen molar-refractivity contribution in [2.45, 2.75) is 31.5 Å². The van der Waals surface area contributed by atoms with E-state index in [1.807, 2.05) is 6.20 Å². The first kappa shape index (κ1) is 10.6. The van der Waals surface area contributed by atoms with Crippen molar-refractivity contribution >= 4 is 11.8 Å². The zero-order valence-electron chi connectivity index (χ0n) is 8.21. The number of imidazole rings is 1. The molecule has 1 aromatic heterocycles. The van der Waals surface area contributed by atoms with E-state index in [0.717, 1.165) is 17.5 Å². The molecule has 0 radical (unpaired) electrons. The average molecular weight is 199 g/mol. The fraction of sp³-hybridized carbons (Fsp3) is 0.667. The minimum atomic E-state index is 0.591. The monoisotopic (exact) mass is 199 g/mol. The zero-order chi connectivity index (χ0) is 9.52. The predicted octanol–water partition coefficient (Wildman–Crippen LogP) is 1.89. The second-order valence-electron chi connectivity index (χ2n) is 3.21. The molecule has 3 nitrogen and oxygen atoms in total.